The monoisotopic (exact) mass is 459 g/mol. The molecule has 6 nitrogen and oxygen atoms in total. The Bertz CT molecular complexity index is 999. The lowest BCUT2D eigenvalue weighted by Gasteiger charge is -2.22. The van der Waals surface area contributed by atoms with E-state index in [0.717, 1.165) is 5.56 Å². The fourth-order valence-electron chi connectivity index (χ4n) is 3.17. The normalized spacial score (nSPS) is 13.6. The van der Waals surface area contributed by atoms with E-state index in [9.17, 15) is 4.79 Å². The van der Waals surface area contributed by atoms with Crippen LogP contribution in [0.2, 0.25) is 5.02 Å². The van der Waals surface area contributed by atoms with Crippen molar-refractivity contribution in [3.8, 4) is 0 Å². The Morgan fingerprint density at radius 2 is 1.78 bits per heavy atom. The molecule has 7 heteroatoms. The quantitative estimate of drug-likeness (QED) is 0.219. The van der Waals surface area contributed by atoms with Gasteiger partial charge in [-0.1, -0.05) is 70.5 Å². The Balaban J connectivity index is 2.66. The smallest absolute Gasteiger partial charge is 0.311 e. The molecule has 0 bridgehead atoms. The highest BCUT2D eigenvalue weighted by Crippen LogP contribution is 2.35. The van der Waals surface area contributed by atoms with Gasteiger partial charge in [-0.3, -0.25) is 9.48 Å². The maximum absolute atomic E-state index is 12.1. The van der Waals surface area contributed by atoms with Gasteiger partial charge in [0, 0.05) is 25.3 Å². The molecular formula is C25H34ClN3O3. The molecule has 0 aliphatic rings. The molecular weight excluding hydrogens is 426 g/mol. The number of halogens is 1. The lowest BCUT2D eigenvalue weighted by Crippen LogP contribution is -2.22. The van der Waals surface area contributed by atoms with Crippen LogP contribution in [-0.4, -0.2) is 28.3 Å². The molecule has 0 aliphatic carbocycles. The number of carbonyl (C=O) groups is 1. The second kappa shape index (κ2) is 10.3. The third-order valence-corrected chi connectivity index (χ3v) is 5.51. The maximum atomic E-state index is 12.1. The van der Waals surface area contributed by atoms with Gasteiger partial charge in [0.05, 0.1) is 16.6 Å². The Morgan fingerprint density at radius 1 is 1.19 bits per heavy atom. The Kier molecular flexibility index (Phi) is 8.29. The first-order chi connectivity index (χ1) is 14.9. The van der Waals surface area contributed by atoms with Gasteiger partial charge in [-0.2, -0.15) is 5.10 Å². The highest BCUT2D eigenvalue weighted by molar-refractivity contribution is 6.33. The van der Waals surface area contributed by atoms with Crippen LogP contribution in [0.1, 0.15) is 71.0 Å². The molecule has 2 rings (SSSR count). The van der Waals surface area contributed by atoms with E-state index in [4.69, 9.17) is 26.5 Å². The van der Waals surface area contributed by atoms with Gasteiger partial charge < -0.3 is 14.9 Å². The molecule has 0 saturated heterocycles. The average Bonchev–Trinajstić information content (AvgIpc) is 3.01. The van der Waals surface area contributed by atoms with Gasteiger partial charge in [0.1, 0.15) is 5.69 Å². The van der Waals surface area contributed by atoms with Crippen LogP contribution in [0.25, 0.3) is 11.3 Å². The van der Waals surface area contributed by atoms with Gasteiger partial charge in [0.15, 0.2) is 5.76 Å². The molecule has 174 valence electrons. The molecule has 0 spiro atoms. The summed E-state index contributed by atoms with van der Waals surface area (Å²) in [5, 5.41) is 13.1. The van der Waals surface area contributed by atoms with Crippen LogP contribution < -0.4 is 0 Å². The predicted molar refractivity (Wildman–Crippen MR) is 130 cm³/mol. The lowest BCUT2D eigenvalue weighted by atomic mass is 9.86. The van der Waals surface area contributed by atoms with Crippen LogP contribution in [0.3, 0.4) is 0 Å². The fraction of sp³-hybridized carbons (Fsp3) is 0.480. The summed E-state index contributed by atoms with van der Waals surface area (Å²) in [4.78, 5) is 12.1. The highest BCUT2D eigenvalue weighted by Gasteiger charge is 2.25. The molecule has 1 heterocycles. The van der Waals surface area contributed by atoms with Crippen molar-refractivity contribution in [3.05, 3.63) is 51.8 Å². The molecule has 32 heavy (non-hydrogen) atoms. The number of allylic oxidation sites excluding steroid dienone is 1. The summed E-state index contributed by atoms with van der Waals surface area (Å²) in [5.74, 6) is -0.304. The number of benzene rings is 1. The summed E-state index contributed by atoms with van der Waals surface area (Å²) in [6.07, 6.45) is 0.358. The van der Waals surface area contributed by atoms with E-state index < -0.39 is 6.29 Å². The number of aromatic nitrogens is 2. The van der Waals surface area contributed by atoms with Crippen LogP contribution in [0.5, 0.6) is 0 Å². The lowest BCUT2D eigenvalue weighted by molar-refractivity contribution is -0.167. The highest BCUT2D eigenvalue weighted by atomic mass is 35.5. The number of nitrogens with zero attached hydrogens (tertiary/aromatic N) is 2. The third kappa shape index (κ3) is 5.80. The van der Waals surface area contributed by atoms with E-state index in [1.54, 1.807) is 25.5 Å². The number of nitrogens with one attached hydrogen (secondary N) is 1. The van der Waals surface area contributed by atoms with Crippen LogP contribution in [0, 0.1) is 18.3 Å². The summed E-state index contributed by atoms with van der Waals surface area (Å²) < 4.78 is 13.3. The van der Waals surface area contributed by atoms with Crippen LogP contribution in [0.15, 0.2) is 24.3 Å². The van der Waals surface area contributed by atoms with Crippen LogP contribution in [0.4, 0.5) is 0 Å². The van der Waals surface area contributed by atoms with Crippen molar-refractivity contribution in [1.82, 2.24) is 9.78 Å². The molecule has 2 aromatic rings. The molecule has 1 aromatic carbocycles. The van der Waals surface area contributed by atoms with E-state index in [0.29, 0.717) is 34.3 Å². The number of rotatable bonds is 8. The standard InChI is InChI=1S/C25H34ClN3O3/c1-9-29-22(21(26)16(4)28-29)23(31-17(5)32-24(30)15(2)3)20(14-27)18-10-12-19(13-11-18)25(6,7)8/h10-15,17,27H,9H2,1-8H3/b23-20-,27-14?. The van der Waals surface area contributed by atoms with Gasteiger partial charge in [-0.25, -0.2) is 0 Å². The minimum Gasteiger partial charge on any atom is -0.452 e. The van der Waals surface area contributed by atoms with Crippen molar-refractivity contribution in [2.24, 2.45) is 5.92 Å². The molecule has 1 aromatic heterocycles. The largest absolute Gasteiger partial charge is 0.452 e. The van der Waals surface area contributed by atoms with Crippen molar-refractivity contribution in [3.63, 3.8) is 0 Å². The van der Waals surface area contributed by atoms with Gasteiger partial charge in [-0.15, -0.1) is 0 Å². The first-order valence-corrected chi connectivity index (χ1v) is 11.2. The molecule has 0 fully saturated rings. The third-order valence-electron chi connectivity index (χ3n) is 5.06. The van der Waals surface area contributed by atoms with Gasteiger partial charge >= 0.3 is 5.97 Å². The summed E-state index contributed by atoms with van der Waals surface area (Å²) in [7, 11) is 0. The van der Waals surface area contributed by atoms with E-state index in [1.165, 1.54) is 11.8 Å². The van der Waals surface area contributed by atoms with E-state index in [-0.39, 0.29) is 17.3 Å². The summed E-state index contributed by atoms with van der Waals surface area (Å²) in [6.45, 7) is 16.0. The molecule has 0 amide bonds. The van der Waals surface area contributed by atoms with Crippen molar-refractivity contribution < 1.29 is 14.3 Å². The van der Waals surface area contributed by atoms with Crippen LogP contribution in [-0.2, 0) is 26.2 Å². The van der Waals surface area contributed by atoms with Crippen molar-refractivity contribution in [1.29, 1.82) is 5.41 Å². The second-order valence-corrected chi connectivity index (χ2v) is 9.43. The van der Waals surface area contributed by atoms with Crippen LogP contribution >= 0.6 is 11.6 Å². The number of hydrogen-bond acceptors (Lipinski definition) is 5. The Morgan fingerprint density at radius 3 is 2.25 bits per heavy atom. The number of esters is 1. The van der Waals surface area contributed by atoms with E-state index in [1.807, 2.05) is 38.1 Å². The number of ether oxygens (including phenoxy) is 2. The first-order valence-electron chi connectivity index (χ1n) is 10.9. The Hall–Kier alpha value is -2.60. The van der Waals surface area contributed by atoms with Gasteiger partial charge in [-0.05, 0) is 30.4 Å². The average molecular weight is 460 g/mol. The second-order valence-electron chi connectivity index (χ2n) is 9.06. The Labute approximate surface area is 196 Å². The SMILES string of the molecule is CCn1nc(C)c(Cl)c1/C(OC(C)OC(=O)C(C)C)=C(\C=N)c1ccc(C(C)(C)C)cc1. The molecule has 0 radical (unpaired) electrons. The zero-order valence-corrected chi connectivity index (χ0v) is 21.0. The number of hydrogen-bond donors (Lipinski definition) is 1. The molecule has 1 unspecified atom stereocenters. The van der Waals surface area contributed by atoms with E-state index >= 15 is 0 Å². The van der Waals surface area contributed by atoms with Crippen molar-refractivity contribution >= 4 is 35.1 Å². The van der Waals surface area contributed by atoms with E-state index in [2.05, 4.69) is 25.9 Å². The summed E-state index contributed by atoms with van der Waals surface area (Å²) in [6, 6.07) is 8.01. The topological polar surface area (TPSA) is 77.2 Å². The maximum Gasteiger partial charge on any atom is 0.311 e. The summed E-state index contributed by atoms with van der Waals surface area (Å²) in [5.41, 5.74) is 3.71. The fourth-order valence-corrected chi connectivity index (χ4v) is 3.39. The molecule has 1 atom stereocenters. The molecule has 0 saturated carbocycles. The zero-order valence-electron chi connectivity index (χ0n) is 20.2. The first kappa shape index (κ1) is 25.7. The van der Waals surface area contributed by atoms with Gasteiger partial charge in [0.2, 0.25) is 6.29 Å². The minimum absolute atomic E-state index is 0.00717. The molecule has 0 aliphatic heterocycles. The number of aryl methyl sites for hydroxylation is 2. The zero-order chi connectivity index (χ0) is 24.2. The van der Waals surface area contributed by atoms with Gasteiger partial charge in [0.25, 0.3) is 0 Å². The van der Waals surface area contributed by atoms with Crippen molar-refractivity contribution in [2.45, 2.75) is 73.6 Å². The molecule has 1 N–H and O–H groups in total. The minimum atomic E-state index is -0.875. The predicted octanol–water partition coefficient (Wildman–Crippen LogP) is 6.24. The number of carbonyl (C=O) groups excluding carboxylic acids is 1. The van der Waals surface area contributed by atoms with Crippen molar-refractivity contribution in [2.75, 3.05) is 0 Å². The summed E-state index contributed by atoms with van der Waals surface area (Å²) >= 11 is 6.62.